The molecule has 1 aromatic rings. The standard InChI is InChI=1S/C12H23N5O2/c1-12(2,3)19-11(18)15-7-5-6-14-10-9(13)8-17(4)16-10/h8H,5-7,13H2,1-4H3,(H,14,16)(H,15,18). The predicted molar refractivity (Wildman–Crippen MR) is 75.0 cm³/mol. The fourth-order valence-electron chi connectivity index (χ4n) is 1.44. The van der Waals surface area contributed by atoms with Crippen molar-refractivity contribution in [3.05, 3.63) is 6.20 Å². The highest BCUT2D eigenvalue weighted by atomic mass is 16.6. The van der Waals surface area contributed by atoms with Gasteiger partial charge >= 0.3 is 6.09 Å². The smallest absolute Gasteiger partial charge is 0.407 e. The summed E-state index contributed by atoms with van der Waals surface area (Å²) >= 11 is 0. The second-order valence-electron chi connectivity index (χ2n) is 5.32. The van der Waals surface area contributed by atoms with E-state index in [4.69, 9.17) is 10.5 Å². The molecule has 0 aromatic carbocycles. The number of carbonyl (C=O) groups excluding carboxylic acids is 1. The molecule has 0 unspecified atom stereocenters. The van der Waals surface area contributed by atoms with Crippen LogP contribution >= 0.6 is 0 Å². The monoisotopic (exact) mass is 269 g/mol. The lowest BCUT2D eigenvalue weighted by Crippen LogP contribution is -2.33. The van der Waals surface area contributed by atoms with E-state index in [1.165, 1.54) is 0 Å². The van der Waals surface area contributed by atoms with Gasteiger partial charge in [-0.3, -0.25) is 4.68 Å². The molecule has 1 heterocycles. The summed E-state index contributed by atoms with van der Waals surface area (Å²) in [6, 6.07) is 0. The highest BCUT2D eigenvalue weighted by molar-refractivity contribution is 5.67. The Balaban J connectivity index is 2.15. The molecule has 108 valence electrons. The molecule has 7 heteroatoms. The minimum Gasteiger partial charge on any atom is -0.444 e. The SMILES string of the molecule is Cn1cc(N)c(NCCCNC(=O)OC(C)(C)C)n1. The number of aromatic nitrogens is 2. The molecule has 0 aliphatic rings. The Morgan fingerprint density at radius 1 is 1.47 bits per heavy atom. The Hall–Kier alpha value is -1.92. The second kappa shape index (κ2) is 6.31. The summed E-state index contributed by atoms with van der Waals surface area (Å²) in [6.45, 7) is 6.71. The molecule has 1 amide bonds. The van der Waals surface area contributed by atoms with Crippen LogP contribution < -0.4 is 16.4 Å². The third kappa shape index (κ3) is 5.98. The number of hydrogen-bond donors (Lipinski definition) is 3. The van der Waals surface area contributed by atoms with Crippen molar-refractivity contribution in [1.82, 2.24) is 15.1 Å². The molecule has 0 spiro atoms. The molecule has 0 radical (unpaired) electrons. The molecule has 0 fully saturated rings. The van der Waals surface area contributed by atoms with Crippen LogP contribution in [0.2, 0.25) is 0 Å². The number of anilines is 2. The lowest BCUT2D eigenvalue weighted by atomic mass is 10.2. The first kappa shape index (κ1) is 15.1. The Bertz CT molecular complexity index is 422. The van der Waals surface area contributed by atoms with Crippen LogP contribution in [-0.2, 0) is 11.8 Å². The van der Waals surface area contributed by atoms with Gasteiger partial charge in [-0.1, -0.05) is 0 Å². The maximum atomic E-state index is 11.4. The summed E-state index contributed by atoms with van der Waals surface area (Å²) in [4.78, 5) is 11.4. The van der Waals surface area contributed by atoms with Crippen LogP contribution in [0.25, 0.3) is 0 Å². The van der Waals surface area contributed by atoms with E-state index in [0.717, 1.165) is 6.42 Å². The zero-order chi connectivity index (χ0) is 14.5. The molecule has 0 aliphatic heterocycles. The molecular weight excluding hydrogens is 246 g/mol. The first-order valence-electron chi connectivity index (χ1n) is 6.28. The summed E-state index contributed by atoms with van der Waals surface area (Å²) in [7, 11) is 1.81. The first-order valence-corrected chi connectivity index (χ1v) is 6.28. The number of ether oxygens (including phenoxy) is 1. The fraction of sp³-hybridized carbons (Fsp3) is 0.667. The van der Waals surface area contributed by atoms with Crippen LogP contribution in [-0.4, -0.2) is 34.6 Å². The van der Waals surface area contributed by atoms with Crippen molar-refractivity contribution in [2.45, 2.75) is 32.8 Å². The number of nitrogens with zero attached hydrogens (tertiary/aromatic N) is 2. The van der Waals surface area contributed by atoms with Gasteiger partial charge in [-0.05, 0) is 27.2 Å². The third-order valence-electron chi connectivity index (χ3n) is 2.17. The van der Waals surface area contributed by atoms with Crippen LogP contribution in [0.4, 0.5) is 16.3 Å². The van der Waals surface area contributed by atoms with E-state index in [-0.39, 0.29) is 0 Å². The van der Waals surface area contributed by atoms with Gasteiger partial charge in [-0.25, -0.2) is 4.79 Å². The van der Waals surface area contributed by atoms with E-state index in [9.17, 15) is 4.79 Å². The minimum absolute atomic E-state index is 0.398. The molecule has 4 N–H and O–H groups in total. The highest BCUT2D eigenvalue weighted by Crippen LogP contribution is 2.13. The summed E-state index contributed by atoms with van der Waals surface area (Å²) < 4.78 is 6.77. The number of nitrogens with two attached hydrogens (primary N) is 1. The van der Waals surface area contributed by atoms with Crippen LogP contribution in [0.1, 0.15) is 27.2 Å². The van der Waals surface area contributed by atoms with Crippen molar-refractivity contribution in [2.75, 3.05) is 24.1 Å². The molecular formula is C12H23N5O2. The van der Waals surface area contributed by atoms with Gasteiger partial charge in [0.1, 0.15) is 5.60 Å². The summed E-state index contributed by atoms with van der Waals surface area (Å²) in [5, 5.41) is 9.95. The lowest BCUT2D eigenvalue weighted by Gasteiger charge is -2.19. The third-order valence-corrected chi connectivity index (χ3v) is 2.17. The van der Waals surface area contributed by atoms with Crippen LogP contribution in [0.5, 0.6) is 0 Å². The van der Waals surface area contributed by atoms with Gasteiger partial charge in [0.25, 0.3) is 0 Å². The number of alkyl carbamates (subject to hydrolysis) is 1. The molecule has 19 heavy (non-hydrogen) atoms. The van der Waals surface area contributed by atoms with Crippen molar-refractivity contribution in [3.8, 4) is 0 Å². The van der Waals surface area contributed by atoms with Crippen molar-refractivity contribution in [1.29, 1.82) is 0 Å². The van der Waals surface area contributed by atoms with Crippen molar-refractivity contribution >= 4 is 17.6 Å². The molecule has 0 aliphatic carbocycles. The Morgan fingerprint density at radius 2 is 2.16 bits per heavy atom. The molecule has 0 bridgehead atoms. The van der Waals surface area contributed by atoms with E-state index in [1.54, 1.807) is 10.9 Å². The number of rotatable bonds is 5. The average Bonchev–Trinajstić information content (AvgIpc) is 2.54. The molecule has 1 aromatic heterocycles. The van der Waals surface area contributed by atoms with Crippen molar-refractivity contribution in [2.24, 2.45) is 7.05 Å². The minimum atomic E-state index is -0.468. The Kier molecular flexibility index (Phi) is 5.02. The van der Waals surface area contributed by atoms with Gasteiger partial charge in [0, 0.05) is 26.3 Å². The first-order chi connectivity index (χ1) is 8.78. The molecule has 0 saturated carbocycles. The molecule has 0 saturated heterocycles. The van der Waals surface area contributed by atoms with Gasteiger partial charge in [0.2, 0.25) is 0 Å². The number of hydrogen-bond acceptors (Lipinski definition) is 5. The zero-order valence-electron chi connectivity index (χ0n) is 12.0. The topological polar surface area (TPSA) is 94.2 Å². The number of nitrogen functional groups attached to an aromatic ring is 1. The molecule has 0 atom stereocenters. The number of nitrogens with one attached hydrogen (secondary N) is 2. The van der Waals surface area contributed by atoms with Gasteiger partial charge in [-0.15, -0.1) is 0 Å². The van der Waals surface area contributed by atoms with Crippen molar-refractivity contribution in [3.63, 3.8) is 0 Å². The van der Waals surface area contributed by atoms with E-state index >= 15 is 0 Å². The Morgan fingerprint density at radius 3 is 2.68 bits per heavy atom. The Labute approximate surface area is 113 Å². The molecule has 7 nitrogen and oxygen atoms in total. The van der Waals surface area contributed by atoms with Gasteiger partial charge < -0.3 is 21.1 Å². The van der Waals surface area contributed by atoms with Gasteiger partial charge in [0.15, 0.2) is 5.82 Å². The van der Waals surface area contributed by atoms with Gasteiger partial charge in [0.05, 0.1) is 5.69 Å². The zero-order valence-corrected chi connectivity index (χ0v) is 12.0. The van der Waals surface area contributed by atoms with E-state index in [1.807, 2.05) is 27.8 Å². The van der Waals surface area contributed by atoms with Crippen LogP contribution in [0, 0.1) is 0 Å². The summed E-state index contributed by atoms with van der Waals surface area (Å²) in [5.41, 5.74) is 5.88. The number of amides is 1. The number of aryl methyl sites for hydroxylation is 1. The lowest BCUT2D eigenvalue weighted by molar-refractivity contribution is 0.0528. The maximum Gasteiger partial charge on any atom is 0.407 e. The van der Waals surface area contributed by atoms with Gasteiger partial charge in [-0.2, -0.15) is 5.10 Å². The van der Waals surface area contributed by atoms with E-state index < -0.39 is 11.7 Å². The summed E-state index contributed by atoms with van der Waals surface area (Å²) in [5.74, 6) is 0.666. The fourth-order valence-corrected chi connectivity index (χ4v) is 1.44. The average molecular weight is 269 g/mol. The summed E-state index contributed by atoms with van der Waals surface area (Å²) in [6.07, 6.45) is 2.10. The maximum absolute atomic E-state index is 11.4. The highest BCUT2D eigenvalue weighted by Gasteiger charge is 2.15. The van der Waals surface area contributed by atoms with Crippen LogP contribution in [0.3, 0.4) is 0 Å². The normalized spacial score (nSPS) is 11.2. The van der Waals surface area contributed by atoms with Crippen LogP contribution in [0.15, 0.2) is 6.20 Å². The largest absolute Gasteiger partial charge is 0.444 e. The van der Waals surface area contributed by atoms with E-state index in [2.05, 4.69) is 15.7 Å². The quantitative estimate of drug-likeness (QED) is 0.701. The molecule has 1 rings (SSSR count). The van der Waals surface area contributed by atoms with E-state index in [0.29, 0.717) is 24.6 Å². The predicted octanol–water partition coefficient (Wildman–Crippen LogP) is 1.33. The second-order valence-corrected chi connectivity index (χ2v) is 5.32. The van der Waals surface area contributed by atoms with Crippen molar-refractivity contribution < 1.29 is 9.53 Å². The number of carbonyl (C=O) groups is 1.